The Balaban J connectivity index is 2.57. The minimum atomic E-state index is -4.77. The van der Waals surface area contributed by atoms with Gasteiger partial charge in [0, 0.05) is 6.42 Å². The molecule has 1 aliphatic rings. The Labute approximate surface area is 391 Å². The summed E-state index contributed by atoms with van der Waals surface area (Å²) >= 11 is 0. The molecular formula is C50H99N2O11P. The van der Waals surface area contributed by atoms with Crippen LogP contribution in [0.15, 0.2) is 12.2 Å². The maximum Gasteiger partial charge on any atom is 0.268 e. The molecule has 1 saturated heterocycles. The molecule has 1 amide bonds. The van der Waals surface area contributed by atoms with Gasteiger partial charge in [-0.1, -0.05) is 199 Å². The zero-order valence-corrected chi connectivity index (χ0v) is 42.4. The van der Waals surface area contributed by atoms with Crippen LogP contribution < -0.4 is 10.2 Å². The fourth-order valence-electron chi connectivity index (χ4n) is 8.01. The van der Waals surface area contributed by atoms with Crippen LogP contribution in [0.25, 0.3) is 0 Å². The number of nitrogens with zero attached hydrogens (tertiary/aromatic N) is 1. The number of hydrogen-bond donors (Lipinski definition) is 5. The standard InChI is InChI=1S/C50H99N2O11P/c1-6-8-10-12-14-16-18-20-21-22-23-24-25-26-28-30-32-34-36-38-46(54)51-43(44(53)37-35-33-31-29-27-19-17-15-13-11-9-7-2)41-60-50-49(57)48(56)47(55)45(63-50)42-62-64(58,59)61-40-39-52(3,4)5/h35,37,43-45,47-50,53,55-57H,6-34,36,38-42H2,1-5H3,(H-,51,54,58,59)/b37-35+/t43-,44+,45+,47-,48-,49+,50+/m0/s1. The van der Waals surface area contributed by atoms with Crippen molar-refractivity contribution in [2.75, 3.05) is 47.5 Å². The van der Waals surface area contributed by atoms with Crippen LogP contribution in [0.5, 0.6) is 0 Å². The number of allylic oxidation sites excluding steroid dienone is 1. The van der Waals surface area contributed by atoms with Crippen molar-refractivity contribution in [2.24, 2.45) is 0 Å². The van der Waals surface area contributed by atoms with E-state index < -0.39 is 57.3 Å². The average Bonchev–Trinajstić information content (AvgIpc) is 3.25. The van der Waals surface area contributed by atoms with Gasteiger partial charge < -0.3 is 53.6 Å². The van der Waals surface area contributed by atoms with Crippen LogP contribution in [0, 0.1) is 0 Å². The lowest BCUT2D eigenvalue weighted by Gasteiger charge is -2.41. The zero-order chi connectivity index (χ0) is 47.3. The zero-order valence-electron chi connectivity index (χ0n) is 41.5. The van der Waals surface area contributed by atoms with Gasteiger partial charge in [-0.05, 0) is 19.3 Å². The van der Waals surface area contributed by atoms with Crippen LogP contribution in [-0.4, -0.2) is 121 Å². The van der Waals surface area contributed by atoms with Crippen LogP contribution >= 0.6 is 7.82 Å². The lowest BCUT2D eigenvalue weighted by atomic mass is 9.99. The number of quaternary nitrogens is 1. The molecule has 0 aliphatic carbocycles. The number of phosphoric ester groups is 1. The first kappa shape index (κ1) is 61.1. The molecule has 1 aliphatic heterocycles. The quantitative estimate of drug-likeness (QED) is 0.0170. The van der Waals surface area contributed by atoms with E-state index in [1.807, 2.05) is 27.2 Å². The third-order valence-corrected chi connectivity index (χ3v) is 13.3. The lowest BCUT2D eigenvalue weighted by molar-refractivity contribution is -0.870. The van der Waals surface area contributed by atoms with E-state index in [1.54, 1.807) is 6.08 Å². The first-order valence-corrected chi connectivity index (χ1v) is 27.5. The molecule has 0 spiro atoms. The average molecular weight is 935 g/mol. The number of aliphatic hydroxyl groups is 4. The first-order valence-electron chi connectivity index (χ1n) is 26.1. The summed E-state index contributed by atoms with van der Waals surface area (Å²) < 4.78 is 34.3. The molecule has 1 heterocycles. The number of carbonyl (C=O) groups is 1. The molecule has 0 radical (unpaired) electrons. The Morgan fingerprint density at radius 2 is 1.11 bits per heavy atom. The third kappa shape index (κ3) is 33.5. The second-order valence-electron chi connectivity index (χ2n) is 19.6. The molecule has 64 heavy (non-hydrogen) atoms. The Morgan fingerprint density at radius 1 is 0.672 bits per heavy atom. The van der Waals surface area contributed by atoms with E-state index in [2.05, 4.69) is 19.2 Å². The number of ether oxygens (including phenoxy) is 2. The second-order valence-corrected chi connectivity index (χ2v) is 21.0. The van der Waals surface area contributed by atoms with Crippen molar-refractivity contribution in [1.29, 1.82) is 0 Å². The molecule has 0 aromatic rings. The highest BCUT2D eigenvalue weighted by atomic mass is 31.2. The monoisotopic (exact) mass is 935 g/mol. The van der Waals surface area contributed by atoms with Crippen molar-refractivity contribution >= 4 is 13.7 Å². The highest BCUT2D eigenvalue weighted by Crippen LogP contribution is 2.39. The minimum absolute atomic E-state index is 0.117. The number of rotatable bonds is 44. The van der Waals surface area contributed by atoms with E-state index in [4.69, 9.17) is 18.5 Å². The SMILES string of the molecule is CCCCCCCCCCCC/C=C/[C@@H](O)[C@H](CO[C@@H]1O[C@H](COP(=O)([O-])OCC[N+](C)(C)C)[C@H](O)[C@H](O)[C@H]1O)NC(=O)CCCCCCCCCCCCCCCCCCCCC. The van der Waals surface area contributed by atoms with Gasteiger partial charge in [0.15, 0.2) is 6.29 Å². The number of amides is 1. The third-order valence-electron chi connectivity index (χ3n) is 12.3. The molecule has 1 unspecified atom stereocenters. The summed E-state index contributed by atoms with van der Waals surface area (Å²) in [7, 11) is 0.875. The van der Waals surface area contributed by atoms with E-state index >= 15 is 0 Å². The topological polar surface area (TPSA) is 187 Å². The van der Waals surface area contributed by atoms with Gasteiger partial charge in [-0.2, -0.15) is 0 Å². The van der Waals surface area contributed by atoms with Crippen LogP contribution in [0.4, 0.5) is 0 Å². The van der Waals surface area contributed by atoms with Crippen molar-refractivity contribution < 1.29 is 57.7 Å². The largest absolute Gasteiger partial charge is 0.756 e. The Morgan fingerprint density at radius 3 is 1.56 bits per heavy atom. The lowest BCUT2D eigenvalue weighted by Crippen LogP contribution is -2.60. The molecule has 0 bridgehead atoms. The maximum atomic E-state index is 13.1. The Bertz CT molecular complexity index is 1180. The number of unbranched alkanes of at least 4 members (excludes halogenated alkanes) is 28. The number of aliphatic hydroxyl groups excluding tert-OH is 4. The summed E-state index contributed by atoms with van der Waals surface area (Å²) in [6.45, 7) is 3.80. The number of hydrogen-bond acceptors (Lipinski definition) is 11. The normalized spacial score (nSPS) is 21.3. The fraction of sp³-hybridized carbons (Fsp3) is 0.940. The highest BCUT2D eigenvalue weighted by Gasteiger charge is 2.45. The van der Waals surface area contributed by atoms with E-state index in [0.29, 0.717) is 17.4 Å². The predicted molar refractivity (Wildman–Crippen MR) is 257 cm³/mol. The van der Waals surface area contributed by atoms with Crippen molar-refractivity contribution in [1.82, 2.24) is 5.32 Å². The molecule has 0 aromatic heterocycles. The summed E-state index contributed by atoms with van der Waals surface area (Å²) in [5, 5.41) is 46.0. The van der Waals surface area contributed by atoms with Gasteiger partial charge in [0.05, 0.1) is 46.5 Å². The number of nitrogens with one attached hydrogen (secondary N) is 1. The van der Waals surface area contributed by atoms with Crippen LogP contribution in [0.2, 0.25) is 0 Å². The number of likely N-dealkylation sites (N-methyl/N-ethyl adjacent to an activating group) is 1. The van der Waals surface area contributed by atoms with Gasteiger partial charge in [-0.15, -0.1) is 0 Å². The predicted octanol–water partition coefficient (Wildman–Crippen LogP) is 9.55. The van der Waals surface area contributed by atoms with Crippen molar-refractivity contribution in [3.8, 4) is 0 Å². The molecular weight excluding hydrogens is 836 g/mol. The van der Waals surface area contributed by atoms with Gasteiger partial charge in [0.25, 0.3) is 7.82 Å². The fourth-order valence-corrected chi connectivity index (χ4v) is 8.72. The van der Waals surface area contributed by atoms with Crippen LogP contribution in [0.1, 0.15) is 213 Å². The Hall–Kier alpha value is -0.960. The highest BCUT2D eigenvalue weighted by molar-refractivity contribution is 7.45. The summed E-state index contributed by atoms with van der Waals surface area (Å²) in [6, 6.07) is -0.900. The smallest absolute Gasteiger partial charge is 0.268 e. The number of phosphoric acid groups is 1. The van der Waals surface area contributed by atoms with Gasteiger partial charge >= 0.3 is 0 Å². The van der Waals surface area contributed by atoms with E-state index in [1.165, 1.54) is 148 Å². The minimum Gasteiger partial charge on any atom is -0.756 e. The molecule has 13 nitrogen and oxygen atoms in total. The second kappa shape index (κ2) is 38.9. The summed E-state index contributed by atoms with van der Waals surface area (Å²) in [5.41, 5.74) is 0. The van der Waals surface area contributed by atoms with Gasteiger partial charge in [-0.3, -0.25) is 9.36 Å². The van der Waals surface area contributed by atoms with E-state index in [0.717, 1.165) is 44.9 Å². The van der Waals surface area contributed by atoms with Crippen molar-refractivity contribution in [2.45, 2.75) is 256 Å². The summed E-state index contributed by atoms with van der Waals surface area (Å²) in [5.74, 6) is -0.231. The van der Waals surface area contributed by atoms with Crippen molar-refractivity contribution in [3.63, 3.8) is 0 Å². The summed E-state index contributed by atoms with van der Waals surface area (Å²) in [4.78, 5) is 25.5. The van der Waals surface area contributed by atoms with Gasteiger partial charge in [0.2, 0.25) is 5.91 Å². The van der Waals surface area contributed by atoms with Gasteiger partial charge in [0.1, 0.15) is 37.6 Å². The molecule has 0 saturated carbocycles. The maximum absolute atomic E-state index is 13.1. The molecule has 5 N–H and O–H groups in total. The number of carbonyl (C=O) groups excluding carboxylic acids is 1. The molecule has 8 atom stereocenters. The van der Waals surface area contributed by atoms with Crippen LogP contribution in [-0.2, 0) is 27.9 Å². The molecule has 1 rings (SSSR count). The molecule has 380 valence electrons. The molecule has 14 heteroatoms. The van der Waals surface area contributed by atoms with Crippen molar-refractivity contribution in [3.05, 3.63) is 12.2 Å². The molecule has 1 fully saturated rings. The first-order chi connectivity index (χ1) is 30.7. The van der Waals surface area contributed by atoms with E-state index in [-0.39, 0.29) is 19.1 Å². The summed E-state index contributed by atoms with van der Waals surface area (Å²) in [6.07, 6.45) is 32.0. The van der Waals surface area contributed by atoms with Crippen LogP contribution in [0.3, 0.4) is 0 Å². The van der Waals surface area contributed by atoms with E-state index in [9.17, 15) is 34.7 Å². The molecule has 0 aromatic carbocycles. The Kier molecular flexibility index (Phi) is 37.2. The van der Waals surface area contributed by atoms with Gasteiger partial charge in [-0.25, -0.2) is 0 Å².